The van der Waals surface area contributed by atoms with Crippen molar-refractivity contribution in [2.75, 3.05) is 19.6 Å². The van der Waals surface area contributed by atoms with E-state index < -0.39 is 0 Å². The fraction of sp³-hybridized carbons (Fsp3) is 0.696. The number of rotatable bonds is 5. The van der Waals surface area contributed by atoms with Crippen molar-refractivity contribution in [3.63, 3.8) is 0 Å². The van der Waals surface area contributed by atoms with Gasteiger partial charge in [0.1, 0.15) is 0 Å². The molecule has 0 aromatic heterocycles. The summed E-state index contributed by atoms with van der Waals surface area (Å²) in [6.45, 7) is 4.16. The van der Waals surface area contributed by atoms with Crippen molar-refractivity contribution < 1.29 is 4.79 Å². The molecule has 4 saturated carbocycles. The van der Waals surface area contributed by atoms with Crippen molar-refractivity contribution in [3.8, 4) is 0 Å². The number of carbonyl (C=O) groups excluding carboxylic acids is 1. The average molecular weight is 353 g/mol. The molecule has 4 bridgehead atoms. The van der Waals surface area contributed by atoms with Crippen LogP contribution in [0.1, 0.15) is 56.1 Å². The molecule has 1 aromatic rings. The maximum Gasteiger partial charge on any atom is 0.226 e. The van der Waals surface area contributed by atoms with E-state index in [9.17, 15) is 4.79 Å². The molecule has 0 unspecified atom stereocenters. The van der Waals surface area contributed by atoms with Gasteiger partial charge in [0.25, 0.3) is 0 Å². The molecule has 26 heavy (non-hydrogen) atoms. The van der Waals surface area contributed by atoms with Crippen LogP contribution in [0.15, 0.2) is 24.3 Å². The highest BCUT2D eigenvalue weighted by molar-refractivity contribution is 5.83. The minimum atomic E-state index is 0.0127. The van der Waals surface area contributed by atoms with E-state index in [1.54, 1.807) is 0 Å². The Labute approximate surface area is 157 Å². The molecule has 5 aliphatic rings. The fourth-order valence-corrected chi connectivity index (χ4v) is 6.83. The third-order valence-corrected chi connectivity index (χ3v) is 7.67. The first kappa shape index (κ1) is 16.8. The van der Waals surface area contributed by atoms with Crippen LogP contribution >= 0.6 is 0 Å². The number of amides is 1. The Kier molecular flexibility index (Phi) is 4.31. The van der Waals surface area contributed by atoms with E-state index in [4.69, 9.17) is 0 Å². The van der Waals surface area contributed by atoms with Crippen LogP contribution in [0, 0.1) is 23.2 Å². The Morgan fingerprint density at radius 3 is 2.38 bits per heavy atom. The zero-order chi connectivity index (χ0) is 17.6. The first-order valence-corrected chi connectivity index (χ1v) is 10.8. The van der Waals surface area contributed by atoms with Crippen LogP contribution in [-0.2, 0) is 17.8 Å². The summed E-state index contributed by atoms with van der Waals surface area (Å²) in [6.07, 6.45) is 9.97. The van der Waals surface area contributed by atoms with Crippen molar-refractivity contribution in [2.24, 2.45) is 23.2 Å². The van der Waals surface area contributed by atoms with E-state index in [1.165, 1.54) is 49.7 Å². The molecule has 4 aliphatic carbocycles. The molecule has 1 N–H and O–H groups in total. The topological polar surface area (TPSA) is 32.3 Å². The maximum atomic E-state index is 13.0. The van der Waals surface area contributed by atoms with Gasteiger partial charge in [-0.25, -0.2) is 0 Å². The molecule has 1 aliphatic heterocycles. The van der Waals surface area contributed by atoms with Gasteiger partial charge < -0.3 is 5.32 Å². The van der Waals surface area contributed by atoms with E-state index in [1.807, 2.05) is 0 Å². The van der Waals surface area contributed by atoms with Gasteiger partial charge in [0.15, 0.2) is 0 Å². The third-order valence-electron chi connectivity index (χ3n) is 7.67. The van der Waals surface area contributed by atoms with Gasteiger partial charge in [0, 0.05) is 31.6 Å². The number of carbonyl (C=O) groups is 1. The quantitative estimate of drug-likeness (QED) is 0.818. The number of nitrogens with one attached hydrogen (secondary N) is 1. The summed E-state index contributed by atoms with van der Waals surface area (Å²) in [5.41, 5.74) is 3.01. The summed E-state index contributed by atoms with van der Waals surface area (Å²) in [5, 5.41) is 3.33. The van der Waals surface area contributed by atoms with Gasteiger partial charge in [0.2, 0.25) is 5.91 Å². The van der Waals surface area contributed by atoms with Crippen LogP contribution in [0.4, 0.5) is 0 Å². The summed E-state index contributed by atoms with van der Waals surface area (Å²) in [5.74, 6) is 2.93. The number of hydrogen-bond donors (Lipinski definition) is 1. The monoisotopic (exact) mass is 352 g/mol. The first-order chi connectivity index (χ1) is 12.7. The van der Waals surface area contributed by atoms with Crippen LogP contribution < -0.4 is 5.32 Å². The van der Waals surface area contributed by atoms with Gasteiger partial charge in [-0.2, -0.15) is 0 Å². The van der Waals surface area contributed by atoms with E-state index in [-0.39, 0.29) is 5.41 Å². The lowest BCUT2D eigenvalue weighted by atomic mass is 9.49. The molecule has 0 atom stereocenters. The maximum absolute atomic E-state index is 13.0. The lowest BCUT2D eigenvalue weighted by Gasteiger charge is -2.55. The Morgan fingerprint density at radius 2 is 1.69 bits per heavy atom. The third kappa shape index (κ3) is 3.09. The smallest absolute Gasteiger partial charge is 0.226 e. The molecule has 1 amide bonds. The lowest BCUT2D eigenvalue weighted by Crippen LogP contribution is -2.53. The second-order valence-electron chi connectivity index (χ2n) is 9.60. The van der Waals surface area contributed by atoms with E-state index in [0.29, 0.717) is 5.91 Å². The molecule has 0 spiro atoms. The van der Waals surface area contributed by atoms with Gasteiger partial charge in [-0.1, -0.05) is 24.3 Å². The Balaban J connectivity index is 1.10. The van der Waals surface area contributed by atoms with Crippen LogP contribution in [0.3, 0.4) is 0 Å². The van der Waals surface area contributed by atoms with Gasteiger partial charge in [-0.15, -0.1) is 0 Å². The lowest BCUT2D eigenvalue weighted by molar-refractivity contribution is -0.146. The normalized spacial score (nSPS) is 35.3. The van der Waals surface area contributed by atoms with Crippen molar-refractivity contribution in [1.29, 1.82) is 0 Å². The molecule has 1 heterocycles. The number of hydrogen-bond acceptors (Lipinski definition) is 2. The molecular formula is C23H32N2O. The number of fused-ring (bicyclic) bond motifs is 1. The highest BCUT2D eigenvalue weighted by Gasteiger charge is 2.54. The molecule has 0 radical (unpaired) electrons. The summed E-state index contributed by atoms with van der Waals surface area (Å²) in [4.78, 5) is 15.5. The minimum Gasteiger partial charge on any atom is -0.356 e. The van der Waals surface area contributed by atoms with Crippen molar-refractivity contribution in [1.82, 2.24) is 10.2 Å². The van der Waals surface area contributed by atoms with E-state index in [0.717, 1.165) is 56.8 Å². The molecule has 3 heteroatoms. The number of benzene rings is 1. The SMILES string of the molecule is O=C(NCCCN1CCc2ccccc2C1)C12CC3CC(CC(C3)C1)C2. The Hall–Kier alpha value is -1.35. The highest BCUT2D eigenvalue weighted by Crippen LogP contribution is 2.60. The summed E-state index contributed by atoms with van der Waals surface area (Å²) in [6, 6.07) is 8.82. The van der Waals surface area contributed by atoms with Crippen LogP contribution in [0.2, 0.25) is 0 Å². The molecular weight excluding hydrogens is 320 g/mol. The predicted octanol–water partition coefficient (Wildman–Crippen LogP) is 3.77. The zero-order valence-corrected chi connectivity index (χ0v) is 15.9. The van der Waals surface area contributed by atoms with Gasteiger partial charge in [-0.05, 0) is 80.2 Å². The standard InChI is InChI=1S/C23H32N2O/c26-22(23-13-17-10-18(14-23)12-19(11-17)15-23)24-7-3-8-25-9-6-20-4-1-2-5-21(20)16-25/h1-2,4-5,17-19H,3,6-16H2,(H,24,26). The summed E-state index contributed by atoms with van der Waals surface area (Å²) in [7, 11) is 0. The van der Waals surface area contributed by atoms with Crippen molar-refractivity contribution >= 4 is 5.91 Å². The van der Waals surface area contributed by atoms with E-state index >= 15 is 0 Å². The van der Waals surface area contributed by atoms with Crippen LogP contribution in [0.25, 0.3) is 0 Å². The van der Waals surface area contributed by atoms with Gasteiger partial charge in [-0.3, -0.25) is 9.69 Å². The molecule has 3 nitrogen and oxygen atoms in total. The largest absolute Gasteiger partial charge is 0.356 e. The van der Waals surface area contributed by atoms with E-state index in [2.05, 4.69) is 34.5 Å². The first-order valence-electron chi connectivity index (χ1n) is 10.8. The molecule has 4 fully saturated rings. The molecule has 1 aromatic carbocycles. The Bertz CT molecular complexity index is 647. The van der Waals surface area contributed by atoms with Crippen molar-refractivity contribution in [3.05, 3.63) is 35.4 Å². The van der Waals surface area contributed by atoms with Gasteiger partial charge in [0.05, 0.1) is 0 Å². The molecule has 6 rings (SSSR count). The molecule has 0 saturated heterocycles. The summed E-state index contributed by atoms with van der Waals surface area (Å²) < 4.78 is 0. The Morgan fingerprint density at radius 1 is 1.04 bits per heavy atom. The number of nitrogens with zero attached hydrogens (tertiary/aromatic N) is 1. The zero-order valence-electron chi connectivity index (χ0n) is 15.9. The van der Waals surface area contributed by atoms with Crippen LogP contribution in [0.5, 0.6) is 0 Å². The highest BCUT2D eigenvalue weighted by atomic mass is 16.2. The minimum absolute atomic E-state index is 0.0127. The molecule has 140 valence electrons. The van der Waals surface area contributed by atoms with Gasteiger partial charge >= 0.3 is 0 Å². The second-order valence-corrected chi connectivity index (χ2v) is 9.60. The predicted molar refractivity (Wildman–Crippen MR) is 104 cm³/mol. The average Bonchev–Trinajstić information content (AvgIpc) is 2.64. The van der Waals surface area contributed by atoms with Crippen molar-refractivity contribution in [2.45, 2.75) is 57.9 Å². The van der Waals surface area contributed by atoms with Crippen LogP contribution in [-0.4, -0.2) is 30.4 Å². The second kappa shape index (κ2) is 6.67. The fourth-order valence-electron chi connectivity index (χ4n) is 6.83. The summed E-state index contributed by atoms with van der Waals surface area (Å²) >= 11 is 0.